The zero-order valence-electron chi connectivity index (χ0n) is 11.2. The Morgan fingerprint density at radius 2 is 2.00 bits per heavy atom. The van der Waals surface area contributed by atoms with E-state index in [1.807, 2.05) is 6.07 Å². The van der Waals surface area contributed by atoms with Crippen molar-refractivity contribution in [3.05, 3.63) is 33.3 Å². The van der Waals surface area contributed by atoms with E-state index in [-0.39, 0.29) is 0 Å². The molecule has 0 aromatic heterocycles. The van der Waals surface area contributed by atoms with E-state index in [1.165, 1.54) is 37.9 Å². The van der Waals surface area contributed by atoms with Crippen molar-refractivity contribution in [3.63, 3.8) is 0 Å². The molecule has 1 aliphatic rings. The van der Waals surface area contributed by atoms with E-state index in [1.54, 1.807) is 0 Å². The van der Waals surface area contributed by atoms with Crippen molar-refractivity contribution in [1.82, 2.24) is 4.90 Å². The third-order valence-corrected chi connectivity index (χ3v) is 5.17. The second-order valence-electron chi connectivity index (χ2n) is 5.68. The highest BCUT2D eigenvalue weighted by atomic mass is 79.9. The summed E-state index contributed by atoms with van der Waals surface area (Å²) in [6.07, 6.45) is 3.90. The Bertz CT molecular complexity index is 411. The molecule has 0 saturated carbocycles. The standard InChI is InChI=1S/C15H21BrClN/c1-3-15(2)6-8-18(9-7-15)11-12-4-5-13(16)10-14(12)17/h4-5,10H,3,6-9,11H2,1-2H3. The van der Waals surface area contributed by atoms with Crippen molar-refractivity contribution < 1.29 is 0 Å². The van der Waals surface area contributed by atoms with Gasteiger partial charge in [0.2, 0.25) is 0 Å². The predicted octanol–water partition coefficient (Wildman–Crippen LogP) is 5.11. The zero-order valence-corrected chi connectivity index (χ0v) is 13.5. The summed E-state index contributed by atoms with van der Waals surface area (Å²) < 4.78 is 1.05. The molecule has 0 radical (unpaired) electrons. The summed E-state index contributed by atoms with van der Waals surface area (Å²) in [6.45, 7) is 8.08. The topological polar surface area (TPSA) is 3.24 Å². The van der Waals surface area contributed by atoms with Gasteiger partial charge in [-0.05, 0) is 49.0 Å². The summed E-state index contributed by atoms with van der Waals surface area (Å²) >= 11 is 9.72. The molecule has 0 N–H and O–H groups in total. The largest absolute Gasteiger partial charge is 0.299 e. The maximum absolute atomic E-state index is 6.28. The molecule has 1 aliphatic heterocycles. The second kappa shape index (κ2) is 5.94. The Morgan fingerprint density at radius 1 is 1.33 bits per heavy atom. The highest BCUT2D eigenvalue weighted by Gasteiger charge is 2.28. The van der Waals surface area contributed by atoms with Crippen LogP contribution in [0.1, 0.15) is 38.7 Å². The Hall–Kier alpha value is -0.0500. The average Bonchev–Trinajstić information content (AvgIpc) is 2.36. The first-order valence-electron chi connectivity index (χ1n) is 6.69. The number of hydrogen-bond acceptors (Lipinski definition) is 1. The molecule has 1 nitrogen and oxygen atoms in total. The van der Waals surface area contributed by atoms with Gasteiger partial charge in [0.15, 0.2) is 0 Å². The zero-order chi connectivity index (χ0) is 13.2. The quantitative estimate of drug-likeness (QED) is 0.744. The van der Waals surface area contributed by atoms with Crippen LogP contribution in [-0.2, 0) is 6.54 Å². The van der Waals surface area contributed by atoms with E-state index in [0.29, 0.717) is 5.41 Å². The van der Waals surface area contributed by atoms with Gasteiger partial charge in [-0.25, -0.2) is 0 Å². The van der Waals surface area contributed by atoms with Gasteiger partial charge in [-0.2, -0.15) is 0 Å². The average molecular weight is 331 g/mol. The molecule has 0 spiro atoms. The van der Waals surface area contributed by atoms with E-state index in [2.05, 4.69) is 46.8 Å². The number of likely N-dealkylation sites (tertiary alicyclic amines) is 1. The van der Waals surface area contributed by atoms with E-state index >= 15 is 0 Å². The molecule has 0 unspecified atom stereocenters. The Morgan fingerprint density at radius 3 is 2.56 bits per heavy atom. The summed E-state index contributed by atoms with van der Waals surface area (Å²) in [5, 5.41) is 0.869. The minimum Gasteiger partial charge on any atom is -0.299 e. The van der Waals surface area contributed by atoms with Crippen molar-refractivity contribution in [3.8, 4) is 0 Å². The minimum atomic E-state index is 0.556. The van der Waals surface area contributed by atoms with E-state index in [0.717, 1.165) is 16.0 Å². The van der Waals surface area contributed by atoms with Crippen LogP contribution < -0.4 is 0 Å². The Balaban J connectivity index is 1.95. The van der Waals surface area contributed by atoms with Gasteiger partial charge in [0.1, 0.15) is 0 Å². The number of piperidine rings is 1. The fourth-order valence-electron chi connectivity index (χ4n) is 2.50. The first-order chi connectivity index (χ1) is 8.52. The van der Waals surface area contributed by atoms with Crippen LogP contribution in [0.25, 0.3) is 0 Å². The summed E-state index contributed by atoms with van der Waals surface area (Å²) in [4.78, 5) is 2.52. The maximum Gasteiger partial charge on any atom is 0.0462 e. The molecule has 3 heteroatoms. The molecule has 1 aromatic carbocycles. The highest BCUT2D eigenvalue weighted by molar-refractivity contribution is 9.10. The molecule has 1 saturated heterocycles. The molecular weight excluding hydrogens is 310 g/mol. The summed E-state index contributed by atoms with van der Waals surface area (Å²) in [5.41, 5.74) is 1.79. The molecule has 1 heterocycles. The van der Waals surface area contributed by atoms with E-state index in [9.17, 15) is 0 Å². The lowest BCUT2D eigenvalue weighted by Gasteiger charge is -2.39. The fourth-order valence-corrected chi connectivity index (χ4v) is 3.23. The number of rotatable bonds is 3. The predicted molar refractivity (Wildman–Crippen MR) is 82.1 cm³/mol. The van der Waals surface area contributed by atoms with Crippen LogP contribution in [0.5, 0.6) is 0 Å². The van der Waals surface area contributed by atoms with Gasteiger partial charge in [0, 0.05) is 16.0 Å². The molecule has 0 amide bonds. The van der Waals surface area contributed by atoms with Gasteiger partial charge >= 0.3 is 0 Å². The summed E-state index contributed by atoms with van der Waals surface area (Å²) in [5.74, 6) is 0. The maximum atomic E-state index is 6.28. The van der Waals surface area contributed by atoms with Crippen LogP contribution >= 0.6 is 27.5 Å². The first-order valence-corrected chi connectivity index (χ1v) is 7.86. The van der Waals surface area contributed by atoms with E-state index in [4.69, 9.17) is 11.6 Å². The lowest BCUT2D eigenvalue weighted by atomic mass is 9.78. The van der Waals surface area contributed by atoms with Crippen LogP contribution in [0.15, 0.2) is 22.7 Å². The van der Waals surface area contributed by atoms with Crippen LogP contribution in [0.4, 0.5) is 0 Å². The van der Waals surface area contributed by atoms with Gasteiger partial charge in [0.05, 0.1) is 0 Å². The normalized spacial score (nSPS) is 20.0. The third-order valence-electron chi connectivity index (χ3n) is 4.33. The molecule has 18 heavy (non-hydrogen) atoms. The lowest BCUT2D eigenvalue weighted by molar-refractivity contribution is 0.109. The second-order valence-corrected chi connectivity index (χ2v) is 7.00. The van der Waals surface area contributed by atoms with Gasteiger partial charge < -0.3 is 0 Å². The van der Waals surface area contributed by atoms with Gasteiger partial charge in [0.25, 0.3) is 0 Å². The molecule has 1 fully saturated rings. The SMILES string of the molecule is CCC1(C)CCN(Cc2ccc(Br)cc2Cl)CC1. The lowest BCUT2D eigenvalue weighted by Crippen LogP contribution is -2.37. The van der Waals surface area contributed by atoms with Gasteiger partial charge in [-0.3, -0.25) is 4.90 Å². The van der Waals surface area contributed by atoms with Crippen LogP contribution in [0, 0.1) is 5.41 Å². The van der Waals surface area contributed by atoms with Gasteiger partial charge in [-0.1, -0.05) is 53.9 Å². The first kappa shape index (κ1) is 14.4. The minimum absolute atomic E-state index is 0.556. The Labute approximate surface area is 124 Å². The number of halogens is 2. The van der Waals surface area contributed by atoms with Crippen LogP contribution in [0.2, 0.25) is 5.02 Å². The third kappa shape index (κ3) is 3.49. The van der Waals surface area contributed by atoms with Crippen molar-refractivity contribution in [2.24, 2.45) is 5.41 Å². The number of hydrogen-bond donors (Lipinski definition) is 0. The molecule has 0 bridgehead atoms. The van der Waals surface area contributed by atoms with Crippen molar-refractivity contribution in [2.75, 3.05) is 13.1 Å². The smallest absolute Gasteiger partial charge is 0.0462 e. The van der Waals surface area contributed by atoms with Gasteiger partial charge in [-0.15, -0.1) is 0 Å². The Kier molecular flexibility index (Phi) is 4.74. The molecule has 100 valence electrons. The van der Waals surface area contributed by atoms with Crippen LogP contribution in [-0.4, -0.2) is 18.0 Å². The summed E-state index contributed by atoms with van der Waals surface area (Å²) in [6, 6.07) is 6.18. The molecular formula is C15H21BrClN. The number of benzene rings is 1. The van der Waals surface area contributed by atoms with Crippen molar-refractivity contribution in [2.45, 2.75) is 39.7 Å². The fraction of sp³-hybridized carbons (Fsp3) is 0.600. The molecule has 0 aliphatic carbocycles. The molecule has 0 atom stereocenters. The molecule has 2 rings (SSSR count). The highest BCUT2D eigenvalue weighted by Crippen LogP contribution is 2.34. The van der Waals surface area contributed by atoms with Crippen molar-refractivity contribution >= 4 is 27.5 Å². The molecule has 1 aromatic rings. The van der Waals surface area contributed by atoms with Crippen LogP contribution in [0.3, 0.4) is 0 Å². The number of nitrogens with zero attached hydrogens (tertiary/aromatic N) is 1. The van der Waals surface area contributed by atoms with Crippen molar-refractivity contribution in [1.29, 1.82) is 0 Å². The van der Waals surface area contributed by atoms with E-state index < -0.39 is 0 Å². The summed E-state index contributed by atoms with van der Waals surface area (Å²) in [7, 11) is 0. The monoisotopic (exact) mass is 329 g/mol.